The van der Waals surface area contributed by atoms with Crippen LogP contribution in [0.3, 0.4) is 0 Å². The fourth-order valence-electron chi connectivity index (χ4n) is 1.51. The largest absolute Gasteiger partial charge is 0.339 e. The van der Waals surface area contributed by atoms with Crippen LogP contribution in [-0.2, 0) is 6.42 Å². The van der Waals surface area contributed by atoms with E-state index >= 15 is 0 Å². The molecule has 0 saturated carbocycles. The summed E-state index contributed by atoms with van der Waals surface area (Å²) in [5, 5.41) is 12.0. The highest BCUT2D eigenvalue weighted by molar-refractivity contribution is 9.10. The van der Waals surface area contributed by atoms with Crippen molar-refractivity contribution in [3.63, 3.8) is 0 Å². The van der Waals surface area contributed by atoms with E-state index in [1.165, 1.54) is 0 Å². The molecule has 0 spiro atoms. The Balaban J connectivity index is 2.31. The minimum atomic E-state index is 0.607. The smallest absolute Gasteiger partial charge is 0.135 e. The second kappa shape index (κ2) is 6.13. The standard InChI is InChI=1S/C13H10Br2N4/c1-2-12-18-11(15)6-13(19-12)17-10-4-3-8(7-16)5-9(10)14/h3-6H,2H2,1H3,(H,17,18,19). The summed E-state index contributed by atoms with van der Waals surface area (Å²) in [5.74, 6) is 1.48. The number of hydrogen-bond acceptors (Lipinski definition) is 4. The number of aromatic nitrogens is 2. The average molecular weight is 382 g/mol. The highest BCUT2D eigenvalue weighted by Crippen LogP contribution is 2.26. The molecule has 0 aliphatic heterocycles. The third-order valence-corrected chi connectivity index (χ3v) is 3.48. The lowest BCUT2D eigenvalue weighted by atomic mass is 10.2. The SMILES string of the molecule is CCc1nc(Br)cc(Nc2ccc(C#N)cc2Br)n1. The maximum absolute atomic E-state index is 8.83. The van der Waals surface area contributed by atoms with E-state index in [0.29, 0.717) is 11.4 Å². The van der Waals surface area contributed by atoms with Gasteiger partial charge in [-0.2, -0.15) is 5.26 Å². The normalized spacial score (nSPS) is 10.0. The molecule has 0 radical (unpaired) electrons. The van der Waals surface area contributed by atoms with Gasteiger partial charge in [-0.1, -0.05) is 6.92 Å². The molecule has 2 rings (SSSR count). The number of anilines is 2. The van der Waals surface area contributed by atoms with Crippen molar-refractivity contribution in [1.29, 1.82) is 5.26 Å². The molecule has 96 valence electrons. The third kappa shape index (κ3) is 3.52. The van der Waals surface area contributed by atoms with Gasteiger partial charge in [0, 0.05) is 17.0 Å². The molecule has 0 saturated heterocycles. The van der Waals surface area contributed by atoms with Gasteiger partial charge in [0.2, 0.25) is 0 Å². The number of nitrogens with zero attached hydrogens (tertiary/aromatic N) is 3. The van der Waals surface area contributed by atoms with E-state index in [9.17, 15) is 0 Å². The van der Waals surface area contributed by atoms with Crippen LogP contribution < -0.4 is 5.32 Å². The Morgan fingerprint density at radius 3 is 2.68 bits per heavy atom. The molecule has 1 aromatic carbocycles. The summed E-state index contributed by atoms with van der Waals surface area (Å²) in [7, 11) is 0. The van der Waals surface area contributed by atoms with Crippen LogP contribution in [0, 0.1) is 11.3 Å². The lowest BCUT2D eigenvalue weighted by Crippen LogP contribution is -2.00. The molecule has 1 heterocycles. The predicted octanol–water partition coefficient (Wildman–Crippen LogP) is 4.18. The van der Waals surface area contributed by atoms with Crippen molar-refractivity contribution in [3.05, 3.63) is 44.7 Å². The van der Waals surface area contributed by atoms with Crippen molar-refractivity contribution >= 4 is 43.4 Å². The molecular weight excluding hydrogens is 372 g/mol. The lowest BCUT2D eigenvalue weighted by Gasteiger charge is -2.09. The highest BCUT2D eigenvalue weighted by atomic mass is 79.9. The Kier molecular flexibility index (Phi) is 4.51. The van der Waals surface area contributed by atoms with E-state index in [-0.39, 0.29) is 0 Å². The van der Waals surface area contributed by atoms with Gasteiger partial charge >= 0.3 is 0 Å². The molecular formula is C13H10Br2N4. The Labute approximate surface area is 128 Å². The van der Waals surface area contributed by atoms with Gasteiger partial charge in [0.25, 0.3) is 0 Å². The molecule has 0 aliphatic rings. The van der Waals surface area contributed by atoms with E-state index in [1.54, 1.807) is 12.1 Å². The maximum atomic E-state index is 8.83. The summed E-state index contributed by atoms with van der Waals surface area (Å²) in [4.78, 5) is 8.65. The lowest BCUT2D eigenvalue weighted by molar-refractivity contribution is 0.931. The van der Waals surface area contributed by atoms with Crippen LogP contribution >= 0.6 is 31.9 Å². The predicted molar refractivity (Wildman–Crippen MR) is 81.2 cm³/mol. The number of nitriles is 1. The molecule has 0 atom stereocenters. The van der Waals surface area contributed by atoms with Crippen molar-refractivity contribution in [1.82, 2.24) is 9.97 Å². The number of halogens is 2. The van der Waals surface area contributed by atoms with Crippen LogP contribution in [0.15, 0.2) is 33.3 Å². The summed E-state index contributed by atoms with van der Waals surface area (Å²) < 4.78 is 1.56. The van der Waals surface area contributed by atoms with E-state index in [2.05, 4.69) is 53.2 Å². The van der Waals surface area contributed by atoms with Crippen LogP contribution in [0.25, 0.3) is 0 Å². The number of benzene rings is 1. The first kappa shape index (κ1) is 14.0. The van der Waals surface area contributed by atoms with Gasteiger partial charge in [0.15, 0.2) is 0 Å². The Morgan fingerprint density at radius 1 is 1.26 bits per heavy atom. The minimum absolute atomic E-state index is 0.607. The van der Waals surface area contributed by atoms with Crippen molar-refractivity contribution in [2.75, 3.05) is 5.32 Å². The van der Waals surface area contributed by atoms with E-state index in [0.717, 1.165) is 27.0 Å². The number of nitrogens with one attached hydrogen (secondary N) is 1. The summed E-state index contributed by atoms with van der Waals surface area (Å²) in [6.07, 6.45) is 0.767. The second-order valence-electron chi connectivity index (χ2n) is 3.78. The quantitative estimate of drug-likeness (QED) is 0.810. The third-order valence-electron chi connectivity index (χ3n) is 2.42. The zero-order valence-corrected chi connectivity index (χ0v) is 13.3. The van der Waals surface area contributed by atoms with Crippen molar-refractivity contribution in [2.45, 2.75) is 13.3 Å². The van der Waals surface area contributed by atoms with E-state index in [1.807, 2.05) is 19.1 Å². The molecule has 0 bridgehead atoms. The van der Waals surface area contributed by atoms with Crippen LogP contribution in [0.4, 0.5) is 11.5 Å². The Hall–Kier alpha value is -1.45. The van der Waals surface area contributed by atoms with Gasteiger partial charge in [0.05, 0.1) is 17.3 Å². The van der Waals surface area contributed by atoms with Gasteiger partial charge in [-0.15, -0.1) is 0 Å². The van der Waals surface area contributed by atoms with Crippen LogP contribution in [0.5, 0.6) is 0 Å². The molecule has 1 N–H and O–H groups in total. The molecule has 0 aliphatic carbocycles. The van der Waals surface area contributed by atoms with E-state index < -0.39 is 0 Å². The summed E-state index contributed by atoms with van der Waals surface area (Å²) in [6, 6.07) is 9.26. The molecule has 4 nitrogen and oxygen atoms in total. The molecule has 6 heteroatoms. The maximum Gasteiger partial charge on any atom is 0.135 e. The highest BCUT2D eigenvalue weighted by Gasteiger charge is 2.05. The van der Waals surface area contributed by atoms with Crippen molar-refractivity contribution in [3.8, 4) is 6.07 Å². The Bertz CT molecular complexity index is 650. The number of hydrogen-bond donors (Lipinski definition) is 1. The first-order valence-corrected chi connectivity index (χ1v) is 7.21. The first-order valence-electron chi connectivity index (χ1n) is 5.62. The van der Waals surface area contributed by atoms with Crippen molar-refractivity contribution in [2.24, 2.45) is 0 Å². The van der Waals surface area contributed by atoms with Crippen LogP contribution in [-0.4, -0.2) is 9.97 Å². The van der Waals surface area contributed by atoms with Crippen molar-refractivity contribution < 1.29 is 0 Å². The summed E-state index contributed by atoms with van der Waals surface area (Å²) in [5.41, 5.74) is 1.46. The van der Waals surface area contributed by atoms with Gasteiger partial charge in [-0.3, -0.25) is 0 Å². The average Bonchev–Trinajstić information content (AvgIpc) is 2.40. The van der Waals surface area contributed by atoms with Gasteiger partial charge in [-0.05, 0) is 50.1 Å². The summed E-state index contributed by atoms with van der Waals surface area (Å²) in [6.45, 7) is 2.00. The molecule has 0 fully saturated rings. The molecule has 19 heavy (non-hydrogen) atoms. The van der Waals surface area contributed by atoms with Crippen LogP contribution in [0.1, 0.15) is 18.3 Å². The zero-order chi connectivity index (χ0) is 13.8. The number of aryl methyl sites for hydroxylation is 1. The minimum Gasteiger partial charge on any atom is -0.339 e. The number of rotatable bonds is 3. The van der Waals surface area contributed by atoms with Gasteiger partial charge < -0.3 is 5.32 Å². The molecule has 2 aromatic rings. The molecule has 0 amide bonds. The van der Waals surface area contributed by atoms with E-state index in [4.69, 9.17) is 5.26 Å². The first-order chi connectivity index (χ1) is 9.12. The summed E-state index contributed by atoms with van der Waals surface area (Å²) >= 11 is 6.79. The fraction of sp³-hybridized carbons (Fsp3) is 0.154. The molecule has 0 unspecified atom stereocenters. The molecule has 1 aromatic heterocycles. The second-order valence-corrected chi connectivity index (χ2v) is 5.44. The van der Waals surface area contributed by atoms with Gasteiger partial charge in [-0.25, -0.2) is 9.97 Å². The monoisotopic (exact) mass is 380 g/mol. The van der Waals surface area contributed by atoms with Crippen LogP contribution in [0.2, 0.25) is 0 Å². The van der Waals surface area contributed by atoms with Gasteiger partial charge in [0.1, 0.15) is 16.2 Å². The fourth-order valence-corrected chi connectivity index (χ4v) is 2.41. The topological polar surface area (TPSA) is 61.6 Å². The zero-order valence-electron chi connectivity index (χ0n) is 10.1. The Morgan fingerprint density at radius 2 is 2.05 bits per heavy atom.